The molecular weight excluding hydrogens is 308 g/mol. The molecule has 0 saturated carbocycles. The van der Waals surface area contributed by atoms with Crippen LogP contribution in [0, 0.1) is 5.82 Å². The number of nitrogens with two attached hydrogens (primary N) is 1. The van der Waals surface area contributed by atoms with E-state index in [1.54, 1.807) is 0 Å². The highest BCUT2D eigenvalue weighted by atomic mass is 35.5. The second kappa shape index (κ2) is 6.35. The molecule has 0 aromatic heterocycles. The lowest BCUT2D eigenvalue weighted by atomic mass is 9.86. The predicted octanol–water partition coefficient (Wildman–Crippen LogP) is 5.11. The summed E-state index contributed by atoms with van der Waals surface area (Å²) in [5.41, 5.74) is 8.52. The third kappa shape index (κ3) is 3.76. The van der Waals surface area contributed by atoms with Gasteiger partial charge in [-0.25, -0.2) is 4.39 Å². The molecule has 0 amide bonds. The first kappa shape index (κ1) is 16.3. The topological polar surface area (TPSA) is 26.0 Å². The summed E-state index contributed by atoms with van der Waals surface area (Å²) in [6.45, 7) is 3.95. The van der Waals surface area contributed by atoms with Gasteiger partial charge in [0.2, 0.25) is 0 Å². The van der Waals surface area contributed by atoms with E-state index in [9.17, 15) is 4.39 Å². The highest BCUT2D eigenvalue weighted by Crippen LogP contribution is 2.32. The van der Waals surface area contributed by atoms with E-state index in [2.05, 4.69) is 19.1 Å². The number of hydrogen-bond acceptors (Lipinski definition) is 1. The quantitative estimate of drug-likeness (QED) is 0.776. The summed E-state index contributed by atoms with van der Waals surface area (Å²) in [5, 5.41) is 0.392. The lowest BCUT2D eigenvalue weighted by Gasteiger charge is -2.27. The van der Waals surface area contributed by atoms with E-state index < -0.39 is 11.4 Å². The molecule has 1 atom stereocenters. The van der Waals surface area contributed by atoms with Crippen LogP contribution in [0.3, 0.4) is 0 Å². The van der Waals surface area contributed by atoms with Crippen molar-refractivity contribution in [3.63, 3.8) is 0 Å². The van der Waals surface area contributed by atoms with E-state index in [0.717, 1.165) is 12.0 Å². The molecule has 1 unspecified atom stereocenters. The largest absolute Gasteiger partial charge is 0.321 e. The van der Waals surface area contributed by atoms with Gasteiger partial charge in [0.05, 0.1) is 5.02 Å². The van der Waals surface area contributed by atoms with E-state index in [1.807, 2.05) is 19.1 Å². The first-order valence-corrected chi connectivity index (χ1v) is 7.61. The fourth-order valence-electron chi connectivity index (χ4n) is 2.37. The van der Waals surface area contributed by atoms with Crippen molar-refractivity contribution in [3.05, 3.63) is 69.0 Å². The molecule has 0 bridgehead atoms. The summed E-state index contributed by atoms with van der Waals surface area (Å²) < 4.78 is 13.7. The van der Waals surface area contributed by atoms with Crippen LogP contribution >= 0.6 is 23.2 Å². The lowest BCUT2D eigenvalue weighted by Crippen LogP contribution is -2.36. The second-order valence-corrected chi connectivity index (χ2v) is 6.32. The van der Waals surface area contributed by atoms with Crippen LogP contribution < -0.4 is 5.73 Å². The minimum absolute atomic E-state index is 0.00634. The van der Waals surface area contributed by atoms with Crippen molar-refractivity contribution >= 4 is 23.2 Å². The van der Waals surface area contributed by atoms with Crippen LogP contribution in [0.1, 0.15) is 30.5 Å². The van der Waals surface area contributed by atoms with E-state index >= 15 is 0 Å². The Morgan fingerprint density at radius 2 is 1.62 bits per heavy atom. The van der Waals surface area contributed by atoms with Crippen molar-refractivity contribution in [3.8, 4) is 0 Å². The van der Waals surface area contributed by atoms with Gasteiger partial charge in [-0.1, -0.05) is 54.4 Å². The molecular formula is C17H18Cl2FN. The smallest absolute Gasteiger partial charge is 0.142 e. The van der Waals surface area contributed by atoms with Gasteiger partial charge >= 0.3 is 0 Å². The molecule has 2 N–H and O–H groups in total. The number of benzene rings is 2. The molecule has 0 aliphatic rings. The zero-order chi connectivity index (χ0) is 15.6. The normalized spacial score (nSPS) is 14.0. The monoisotopic (exact) mass is 325 g/mol. The SMILES string of the molecule is CCc1ccc(CC(C)(N)c2cc(F)c(Cl)cc2Cl)cc1. The lowest BCUT2D eigenvalue weighted by molar-refractivity contribution is 0.486. The van der Waals surface area contributed by atoms with E-state index in [1.165, 1.54) is 17.7 Å². The fraction of sp³-hybridized carbons (Fsp3) is 0.294. The Kier molecular flexibility index (Phi) is 4.92. The average molecular weight is 326 g/mol. The Bertz CT molecular complexity index is 636. The Labute approximate surface area is 134 Å². The molecule has 0 aliphatic heterocycles. The molecule has 2 rings (SSSR count). The zero-order valence-electron chi connectivity index (χ0n) is 12.1. The molecule has 1 nitrogen and oxygen atoms in total. The molecule has 0 radical (unpaired) electrons. The zero-order valence-corrected chi connectivity index (χ0v) is 13.6. The Morgan fingerprint density at radius 1 is 1.05 bits per heavy atom. The average Bonchev–Trinajstić information content (AvgIpc) is 2.43. The van der Waals surface area contributed by atoms with Gasteiger partial charge in [-0.05, 0) is 48.6 Å². The minimum Gasteiger partial charge on any atom is -0.321 e. The van der Waals surface area contributed by atoms with Crippen LogP contribution in [0.2, 0.25) is 10.0 Å². The number of halogens is 3. The summed E-state index contributed by atoms with van der Waals surface area (Å²) >= 11 is 11.9. The van der Waals surface area contributed by atoms with E-state index in [4.69, 9.17) is 28.9 Å². The van der Waals surface area contributed by atoms with E-state index in [0.29, 0.717) is 17.0 Å². The summed E-state index contributed by atoms with van der Waals surface area (Å²) in [4.78, 5) is 0. The van der Waals surface area contributed by atoms with Crippen LogP contribution in [0.5, 0.6) is 0 Å². The molecule has 0 fully saturated rings. The molecule has 0 saturated heterocycles. The first-order valence-electron chi connectivity index (χ1n) is 6.85. The summed E-state index contributed by atoms with van der Waals surface area (Å²) in [7, 11) is 0. The maximum atomic E-state index is 13.7. The van der Waals surface area contributed by atoms with Crippen molar-refractivity contribution < 1.29 is 4.39 Å². The van der Waals surface area contributed by atoms with E-state index in [-0.39, 0.29) is 5.02 Å². The Morgan fingerprint density at radius 3 is 2.19 bits per heavy atom. The van der Waals surface area contributed by atoms with Gasteiger partial charge in [0.1, 0.15) is 5.82 Å². The van der Waals surface area contributed by atoms with Crippen molar-refractivity contribution in [2.45, 2.75) is 32.2 Å². The highest BCUT2D eigenvalue weighted by Gasteiger charge is 2.26. The maximum Gasteiger partial charge on any atom is 0.142 e. The van der Waals surface area contributed by atoms with Gasteiger partial charge < -0.3 is 5.73 Å². The Balaban J connectivity index is 2.30. The molecule has 0 spiro atoms. The third-order valence-electron chi connectivity index (χ3n) is 3.63. The molecule has 2 aromatic carbocycles. The molecule has 21 heavy (non-hydrogen) atoms. The predicted molar refractivity (Wildman–Crippen MR) is 87.5 cm³/mol. The molecule has 0 aliphatic carbocycles. The highest BCUT2D eigenvalue weighted by molar-refractivity contribution is 6.35. The van der Waals surface area contributed by atoms with Crippen LogP contribution in [0.25, 0.3) is 0 Å². The Hall–Kier alpha value is -1.09. The van der Waals surface area contributed by atoms with Gasteiger partial charge in [0, 0.05) is 10.6 Å². The van der Waals surface area contributed by atoms with Crippen molar-refractivity contribution in [1.29, 1.82) is 0 Å². The number of aryl methyl sites for hydroxylation is 1. The maximum absolute atomic E-state index is 13.7. The van der Waals surface area contributed by atoms with Crippen LogP contribution in [0.15, 0.2) is 36.4 Å². The van der Waals surface area contributed by atoms with Crippen molar-refractivity contribution in [2.75, 3.05) is 0 Å². The first-order chi connectivity index (χ1) is 9.83. The van der Waals surface area contributed by atoms with Crippen LogP contribution in [0.4, 0.5) is 4.39 Å². The summed E-state index contributed by atoms with van der Waals surface area (Å²) in [6.07, 6.45) is 1.56. The van der Waals surface area contributed by atoms with Gasteiger partial charge in [0.15, 0.2) is 0 Å². The fourth-order valence-corrected chi connectivity index (χ4v) is 2.97. The molecule has 4 heteroatoms. The number of hydrogen-bond donors (Lipinski definition) is 1. The second-order valence-electron chi connectivity index (χ2n) is 5.51. The third-order valence-corrected chi connectivity index (χ3v) is 4.23. The van der Waals surface area contributed by atoms with Gasteiger partial charge in [0.25, 0.3) is 0 Å². The van der Waals surface area contributed by atoms with Crippen molar-refractivity contribution in [1.82, 2.24) is 0 Å². The molecule has 112 valence electrons. The minimum atomic E-state index is -0.768. The number of rotatable bonds is 4. The summed E-state index contributed by atoms with van der Waals surface area (Å²) in [6, 6.07) is 11.0. The molecule has 2 aromatic rings. The standard InChI is InChI=1S/C17H18Cl2FN/c1-3-11-4-6-12(7-5-11)10-17(2,21)13-8-16(20)15(19)9-14(13)18/h4-9H,3,10,21H2,1-2H3. The van der Waals surface area contributed by atoms with Crippen molar-refractivity contribution in [2.24, 2.45) is 5.73 Å². The van der Waals surface area contributed by atoms with Crippen LogP contribution in [-0.2, 0) is 18.4 Å². The van der Waals surface area contributed by atoms with Crippen LogP contribution in [-0.4, -0.2) is 0 Å². The van der Waals surface area contributed by atoms with Gasteiger partial charge in [-0.3, -0.25) is 0 Å². The summed E-state index contributed by atoms with van der Waals surface area (Å²) in [5.74, 6) is -0.505. The van der Waals surface area contributed by atoms with Gasteiger partial charge in [-0.2, -0.15) is 0 Å². The molecule has 0 heterocycles. The van der Waals surface area contributed by atoms with Gasteiger partial charge in [-0.15, -0.1) is 0 Å².